The summed E-state index contributed by atoms with van der Waals surface area (Å²) in [5, 5.41) is 0. The summed E-state index contributed by atoms with van der Waals surface area (Å²) in [6.07, 6.45) is 1.01. The molecule has 0 saturated carbocycles. The number of likely N-dealkylation sites (N-methyl/N-ethyl adjacent to an activating group) is 1. The molecule has 0 fully saturated rings. The van der Waals surface area contributed by atoms with Gasteiger partial charge in [-0.3, -0.25) is 4.90 Å². The van der Waals surface area contributed by atoms with E-state index in [1.807, 2.05) is 0 Å². The van der Waals surface area contributed by atoms with Gasteiger partial charge >= 0.3 is 0 Å². The number of hydrogen-bond acceptors (Lipinski definition) is 4. The molecule has 1 aromatic carbocycles. The third kappa shape index (κ3) is 3.07. The highest BCUT2D eigenvalue weighted by molar-refractivity contribution is 7.80. The van der Waals surface area contributed by atoms with Gasteiger partial charge in [-0.2, -0.15) is 12.6 Å². The molecule has 17 heavy (non-hydrogen) atoms. The van der Waals surface area contributed by atoms with Crippen LogP contribution in [-0.4, -0.2) is 37.6 Å². The smallest absolute Gasteiger partial charge is 0.161 e. The van der Waals surface area contributed by atoms with Crippen molar-refractivity contribution in [2.45, 2.75) is 13.3 Å². The van der Waals surface area contributed by atoms with Crippen LogP contribution in [0.1, 0.15) is 11.1 Å². The Hall–Kier alpha value is -0.870. The SMILES string of the molecule is Cc1cc2c(cc1CCN(C)CS)OCCO2. The van der Waals surface area contributed by atoms with Crippen LogP contribution in [0.2, 0.25) is 0 Å². The van der Waals surface area contributed by atoms with E-state index in [1.165, 1.54) is 11.1 Å². The van der Waals surface area contributed by atoms with Crippen molar-refractivity contribution in [3.8, 4) is 11.5 Å². The zero-order chi connectivity index (χ0) is 12.3. The average molecular weight is 253 g/mol. The molecule has 4 heteroatoms. The van der Waals surface area contributed by atoms with Gasteiger partial charge in [0, 0.05) is 12.4 Å². The zero-order valence-electron chi connectivity index (χ0n) is 10.4. The minimum atomic E-state index is 0.645. The minimum Gasteiger partial charge on any atom is -0.486 e. The predicted octanol–water partition coefficient (Wildman–Crippen LogP) is 2.13. The van der Waals surface area contributed by atoms with Gasteiger partial charge < -0.3 is 9.47 Å². The first-order chi connectivity index (χ1) is 8.20. The van der Waals surface area contributed by atoms with Crippen molar-refractivity contribution in [3.63, 3.8) is 0 Å². The zero-order valence-corrected chi connectivity index (χ0v) is 11.3. The number of thiol groups is 1. The van der Waals surface area contributed by atoms with Crippen LogP contribution in [0.15, 0.2) is 12.1 Å². The van der Waals surface area contributed by atoms with Crippen molar-refractivity contribution in [1.29, 1.82) is 0 Å². The average Bonchev–Trinajstić information content (AvgIpc) is 2.35. The second-order valence-corrected chi connectivity index (χ2v) is 4.68. The Balaban J connectivity index is 2.11. The fraction of sp³-hybridized carbons (Fsp3) is 0.538. The second-order valence-electron chi connectivity index (χ2n) is 4.39. The quantitative estimate of drug-likeness (QED) is 0.656. The highest BCUT2D eigenvalue weighted by atomic mass is 32.1. The molecule has 1 aliphatic rings. The molecule has 3 nitrogen and oxygen atoms in total. The van der Waals surface area contributed by atoms with Crippen LogP contribution in [0.5, 0.6) is 11.5 Å². The lowest BCUT2D eigenvalue weighted by Gasteiger charge is -2.21. The predicted molar refractivity (Wildman–Crippen MR) is 72.4 cm³/mol. The van der Waals surface area contributed by atoms with E-state index in [9.17, 15) is 0 Å². The Kier molecular flexibility index (Phi) is 4.18. The molecule has 0 unspecified atom stereocenters. The molecule has 1 aromatic rings. The van der Waals surface area contributed by atoms with Crippen molar-refractivity contribution in [1.82, 2.24) is 4.90 Å². The van der Waals surface area contributed by atoms with Crippen molar-refractivity contribution in [2.24, 2.45) is 0 Å². The molecule has 1 heterocycles. The lowest BCUT2D eigenvalue weighted by atomic mass is 10.0. The van der Waals surface area contributed by atoms with Gasteiger partial charge in [-0.05, 0) is 43.7 Å². The Labute approximate surface area is 108 Å². The molecular formula is C13H19NO2S. The molecule has 0 aromatic heterocycles. The van der Waals surface area contributed by atoms with Gasteiger partial charge in [0.1, 0.15) is 13.2 Å². The summed E-state index contributed by atoms with van der Waals surface area (Å²) >= 11 is 4.25. The van der Waals surface area contributed by atoms with Crippen molar-refractivity contribution >= 4 is 12.6 Å². The van der Waals surface area contributed by atoms with Gasteiger partial charge in [0.05, 0.1) is 0 Å². The van der Waals surface area contributed by atoms with Crippen LogP contribution < -0.4 is 9.47 Å². The molecule has 0 bridgehead atoms. The summed E-state index contributed by atoms with van der Waals surface area (Å²) in [7, 11) is 2.07. The van der Waals surface area contributed by atoms with E-state index in [0.29, 0.717) is 13.2 Å². The fourth-order valence-electron chi connectivity index (χ4n) is 1.88. The molecule has 2 rings (SSSR count). The second kappa shape index (κ2) is 5.65. The van der Waals surface area contributed by atoms with Crippen molar-refractivity contribution in [3.05, 3.63) is 23.3 Å². The van der Waals surface area contributed by atoms with Crippen LogP contribution in [0.4, 0.5) is 0 Å². The summed E-state index contributed by atoms with van der Waals surface area (Å²) in [6.45, 7) is 4.42. The van der Waals surface area contributed by atoms with Crippen LogP contribution in [0.3, 0.4) is 0 Å². The minimum absolute atomic E-state index is 0.645. The summed E-state index contributed by atoms with van der Waals surface area (Å²) in [6, 6.07) is 4.18. The number of rotatable bonds is 4. The molecule has 0 N–H and O–H groups in total. The van der Waals surface area contributed by atoms with E-state index >= 15 is 0 Å². The number of aryl methyl sites for hydroxylation is 1. The Bertz CT molecular complexity index is 395. The molecule has 0 radical (unpaired) electrons. The molecule has 1 aliphatic heterocycles. The standard InChI is InChI=1S/C13H19NO2S/c1-10-7-12-13(16-6-5-15-12)8-11(10)3-4-14(2)9-17/h7-8,17H,3-6,9H2,1-2H3. The maximum absolute atomic E-state index is 5.60. The number of fused-ring (bicyclic) bond motifs is 1. The first-order valence-electron chi connectivity index (χ1n) is 5.89. The van der Waals surface area contributed by atoms with Gasteiger partial charge in [0.25, 0.3) is 0 Å². The van der Waals surface area contributed by atoms with E-state index in [-0.39, 0.29) is 0 Å². The van der Waals surface area contributed by atoms with Crippen molar-refractivity contribution in [2.75, 3.05) is 32.7 Å². The van der Waals surface area contributed by atoms with Crippen LogP contribution >= 0.6 is 12.6 Å². The Morgan fingerprint density at radius 1 is 1.24 bits per heavy atom. The third-order valence-corrected chi connectivity index (χ3v) is 3.49. The lowest BCUT2D eigenvalue weighted by Crippen LogP contribution is -2.20. The Morgan fingerprint density at radius 3 is 2.53 bits per heavy atom. The molecule has 0 amide bonds. The number of ether oxygens (including phenoxy) is 2. The third-order valence-electron chi connectivity index (χ3n) is 3.01. The number of benzene rings is 1. The number of hydrogen-bond donors (Lipinski definition) is 1. The molecular weight excluding hydrogens is 234 g/mol. The molecule has 0 spiro atoms. The molecule has 0 aliphatic carbocycles. The monoisotopic (exact) mass is 253 g/mol. The maximum atomic E-state index is 5.60. The fourth-order valence-corrected chi connectivity index (χ4v) is 2.03. The summed E-state index contributed by atoms with van der Waals surface area (Å²) < 4.78 is 11.2. The summed E-state index contributed by atoms with van der Waals surface area (Å²) in [4.78, 5) is 2.18. The van der Waals surface area contributed by atoms with Gasteiger partial charge in [-0.15, -0.1) is 0 Å². The highest BCUT2D eigenvalue weighted by Crippen LogP contribution is 2.33. The lowest BCUT2D eigenvalue weighted by molar-refractivity contribution is 0.171. The van der Waals surface area contributed by atoms with Gasteiger partial charge in [-0.25, -0.2) is 0 Å². The van der Waals surface area contributed by atoms with E-state index < -0.39 is 0 Å². The van der Waals surface area contributed by atoms with E-state index in [0.717, 1.165) is 30.3 Å². The Morgan fingerprint density at radius 2 is 1.88 bits per heavy atom. The molecule has 0 atom stereocenters. The van der Waals surface area contributed by atoms with Gasteiger partial charge in [0.2, 0.25) is 0 Å². The first kappa shape index (κ1) is 12.6. The van der Waals surface area contributed by atoms with E-state index in [4.69, 9.17) is 9.47 Å². The van der Waals surface area contributed by atoms with E-state index in [2.05, 4.69) is 43.6 Å². The summed E-state index contributed by atoms with van der Waals surface area (Å²) in [5.74, 6) is 2.54. The largest absolute Gasteiger partial charge is 0.486 e. The molecule has 94 valence electrons. The first-order valence-corrected chi connectivity index (χ1v) is 6.52. The van der Waals surface area contributed by atoms with Crippen molar-refractivity contribution < 1.29 is 9.47 Å². The molecule has 0 saturated heterocycles. The number of nitrogens with zero attached hydrogens (tertiary/aromatic N) is 1. The van der Waals surface area contributed by atoms with E-state index in [1.54, 1.807) is 0 Å². The van der Waals surface area contributed by atoms with Crippen LogP contribution in [0.25, 0.3) is 0 Å². The van der Waals surface area contributed by atoms with Crippen LogP contribution in [-0.2, 0) is 6.42 Å². The van der Waals surface area contributed by atoms with Gasteiger partial charge in [0.15, 0.2) is 11.5 Å². The maximum Gasteiger partial charge on any atom is 0.161 e. The normalized spacial score (nSPS) is 14.1. The highest BCUT2D eigenvalue weighted by Gasteiger charge is 2.14. The van der Waals surface area contributed by atoms with Crippen LogP contribution in [0, 0.1) is 6.92 Å². The topological polar surface area (TPSA) is 21.7 Å². The summed E-state index contributed by atoms with van der Waals surface area (Å²) in [5.41, 5.74) is 2.59. The van der Waals surface area contributed by atoms with Gasteiger partial charge in [-0.1, -0.05) is 0 Å².